The van der Waals surface area contributed by atoms with E-state index in [4.69, 9.17) is 4.74 Å². The van der Waals surface area contributed by atoms with Crippen LogP contribution in [-0.4, -0.2) is 66.9 Å². The molecule has 4 nitrogen and oxygen atoms in total. The van der Waals surface area contributed by atoms with Crippen molar-refractivity contribution >= 4 is 0 Å². The second-order valence-corrected chi connectivity index (χ2v) is 7.49. The van der Waals surface area contributed by atoms with Gasteiger partial charge in [-0.2, -0.15) is 0 Å². The third kappa shape index (κ3) is 4.79. The summed E-state index contributed by atoms with van der Waals surface area (Å²) in [5.74, 6) is 0. The largest absolute Gasteiger partial charge is 0.387 e. The van der Waals surface area contributed by atoms with E-state index < -0.39 is 6.10 Å². The number of aliphatic hydroxyl groups excluding tert-OH is 1. The summed E-state index contributed by atoms with van der Waals surface area (Å²) >= 11 is 0. The maximum absolute atomic E-state index is 10.7. The van der Waals surface area contributed by atoms with Crippen LogP contribution in [0.15, 0.2) is 18.2 Å². The lowest BCUT2D eigenvalue weighted by Gasteiger charge is -2.37. The number of hydrogen-bond donors (Lipinski definition) is 1. The van der Waals surface area contributed by atoms with Crippen molar-refractivity contribution in [1.29, 1.82) is 0 Å². The van der Waals surface area contributed by atoms with Crippen molar-refractivity contribution < 1.29 is 9.84 Å². The van der Waals surface area contributed by atoms with E-state index in [9.17, 15) is 5.11 Å². The minimum atomic E-state index is -0.417. The van der Waals surface area contributed by atoms with E-state index in [0.29, 0.717) is 6.54 Å². The predicted octanol–water partition coefficient (Wildman–Crippen LogP) is 2.52. The summed E-state index contributed by atoms with van der Waals surface area (Å²) in [5, 5.41) is 10.7. The van der Waals surface area contributed by atoms with Gasteiger partial charge in [-0.3, -0.25) is 4.90 Å². The van der Waals surface area contributed by atoms with Crippen molar-refractivity contribution in [3.05, 3.63) is 34.9 Å². The van der Waals surface area contributed by atoms with Gasteiger partial charge >= 0.3 is 0 Å². The van der Waals surface area contributed by atoms with E-state index in [0.717, 1.165) is 31.8 Å². The van der Waals surface area contributed by atoms with Gasteiger partial charge in [-0.05, 0) is 50.9 Å². The van der Waals surface area contributed by atoms with Crippen LogP contribution < -0.4 is 0 Å². The maximum atomic E-state index is 10.7. The fourth-order valence-electron chi connectivity index (χ4n) is 4.03. The highest BCUT2D eigenvalue weighted by Crippen LogP contribution is 2.21. The number of aliphatic hydroxyl groups is 1. The number of ether oxygens (including phenoxy) is 1. The summed E-state index contributed by atoms with van der Waals surface area (Å²) in [6, 6.07) is 6.31. The lowest BCUT2D eigenvalue weighted by atomic mass is 10.0. The standard InChI is InChI=1S/C20H32N2O2/c1-16-6-7-19(17(2)12-16)20(23)15-22-10-11-24-18(14-22)13-21-8-4-3-5-9-21/h6-7,12,18,20,23H,3-5,8-11,13-15H2,1-2H3/t18-,20-/m0/s1. The Hall–Kier alpha value is -0.940. The molecule has 2 atom stereocenters. The number of piperidine rings is 1. The molecule has 0 bridgehead atoms. The van der Waals surface area contributed by atoms with Crippen LogP contribution in [0.3, 0.4) is 0 Å². The van der Waals surface area contributed by atoms with E-state index >= 15 is 0 Å². The van der Waals surface area contributed by atoms with Crippen molar-refractivity contribution in [2.24, 2.45) is 0 Å². The van der Waals surface area contributed by atoms with Crippen LogP contribution in [0.25, 0.3) is 0 Å². The minimum absolute atomic E-state index is 0.281. The molecule has 2 aliphatic rings. The molecule has 24 heavy (non-hydrogen) atoms. The number of likely N-dealkylation sites (tertiary alicyclic amines) is 1. The lowest BCUT2D eigenvalue weighted by Crippen LogP contribution is -2.49. The quantitative estimate of drug-likeness (QED) is 0.899. The molecule has 0 aromatic heterocycles. The van der Waals surface area contributed by atoms with Crippen LogP contribution in [0.2, 0.25) is 0 Å². The molecular formula is C20H32N2O2. The fourth-order valence-corrected chi connectivity index (χ4v) is 4.03. The summed E-state index contributed by atoms with van der Waals surface area (Å²) in [4.78, 5) is 4.90. The molecule has 0 saturated carbocycles. The highest BCUT2D eigenvalue weighted by molar-refractivity contribution is 5.32. The van der Waals surface area contributed by atoms with Crippen LogP contribution in [-0.2, 0) is 4.74 Å². The molecule has 1 N–H and O–H groups in total. The summed E-state index contributed by atoms with van der Waals surface area (Å²) in [6.45, 7) is 11.0. The number of β-amino-alcohol motifs (C(OH)–C–C–N with tert-alkyl or cyclic N) is 1. The molecule has 2 aliphatic heterocycles. The molecule has 2 heterocycles. The molecule has 0 radical (unpaired) electrons. The Balaban J connectivity index is 1.52. The molecule has 0 unspecified atom stereocenters. The van der Waals surface area contributed by atoms with Gasteiger partial charge in [0.05, 0.1) is 18.8 Å². The Labute approximate surface area is 146 Å². The first-order valence-corrected chi connectivity index (χ1v) is 9.43. The Kier molecular flexibility index (Phi) is 6.28. The first-order chi connectivity index (χ1) is 11.6. The average molecular weight is 332 g/mol. The Morgan fingerprint density at radius 3 is 2.67 bits per heavy atom. The number of nitrogens with zero attached hydrogens (tertiary/aromatic N) is 2. The molecule has 2 fully saturated rings. The summed E-state index contributed by atoms with van der Waals surface area (Å²) in [6.07, 6.45) is 3.88. The van der Waals surface area contributed by atoms with Crippen LogP contribution in [0.4, 0.5) is 0 Å². The van der Waals surface area contributed by atoms with Gasteiger partial charge < -0.3 is 14.7 Å². The number of benzene rings is 1. The molecule has 1 aromatic carbocycles. The monoisotopic (exact) mass is 332 g/mol. The number of aryl methyl sites for hydroxylation is 2. The molecule has 0 aliphatic carbocycles. The first kappa shape index (κ1) is 17.9. The molecule has 0 amide bonds. The third-order valence-corrected chi connectivity index (χ3v) is 5.35. The zero-order chi connectivity index (χ0) is 16.9. The highest BCUT2D eigenvalue weighted by Gasteiger charge is 2.25. The second-order valence-electron chi connectivity index (χ2n) is 7.49. The fraction of sp³-hybridized carbons (Fsp3) is 0.700. The van der Waals surface area contributed by atoms with Gasteiger partial charge in [0.15, 0.2) is 0 Å². The minimum Gasteiger partial charge on any atom is -0.387 e. The lowest BCUT2D eigenvalue weighted by molar-refractivity contribution is -0.0550. The zero-order valence-electron chi connectivity index (χ0n) is 15.2. The first-order valence-electron chi connectivity index (χ1n) is 9.43. The Morgan fingerprint density at radius 2 is 1.92 bits per heavy atom. The molecule has 2 saturated heterocycles. The number of morpholine rings is 1. The average Bonchev–Trinajstić information content (AvgIpc) is 2.56. The van der Waals surface area contributed by atoms with Crippen molar-refractivity contribution in [3.8, 4) is 0 Å². The smallest absolute Gasteiger partial charge is 0.0919 e. The molecule has 0 spiro atoms. The van der Waals surface area contributed by atoms with E-state index in [2.05, 4.69) is 41.8 Å². The Morgan fingerprint density at radius 1 is 1.12 bits per heavy atom. The van der Waals surface area contributed by atoms with Gasteiger partial charge in [-0.25, -0.2) is 0 Å². The van der Waals surface area contributed by atoms with Crippen molar-refractivity contribution in [1.82, 2.24) is 9.80 Å². The maximum Gasteiger partial charge on any atom is 0.0919 e. The van der Waals surface area contributed by atoms with Crippen molar-refractivity contribution in [2.75, 3.05) is 45.9 Å². The van der Waals surface area contributed by atoms with Crippen LogP contribution >= 0.6 is 0 Å². The normalized spacial score (nSPS) is 24.9. The van der Waals surface area contributed by atoms with Crippen molar-refractivity contribution in [2.45, 2.75) is 45.3 Å². The van der Waals surface area contributed by atoms with Gasteiger partial charge in [0.2, 0.25) is 0 Å². The van der Waals surface area contributed by atoms with Crippen LogP contribution in [0, 0.1) is 13.8 Å². The van der Waals surface area contributed by atoms with Crippen LogP contribution in [0.1, 0.15) is 42.1 Å². The molecule has 3 rings (SSSR count). The summed E-state index contributed by atoms with van der Waals surface area (Å²) in [7, 11) is 0. The van der Waals surface area contributed by atoms with Gasteiger partial charge in [0, 0.05) is 26.2 Å². The molecule has 1 aromatic rings. The van der Waals surface area contributed by atoms with E-state index in [-0.39, 0.29) is 6.10 Å². The zero-order valence-corrected chi connectivity index (χ0v) is 15.2. The predicted molar refractivity (Wildman–Crippen MR) is 97.3 cm³/mol. The number of rotatable bonds is 5. The van der Waals surface area contributed by atoms with Gasteiger partial charge in [-0.15, -0.1) is 0 Å². The van der Waals surface area contributed by atoms with Gasteiger partial charge in [-0.1, -0.05) is 30.2 Å². The molecular weight excluding hydrogens is 300 g/mol. The SMILES string of the molecule is Cc1ccc([C@@H](O)CN2CCO[C@@H](CN3CCCCC3)C2)c(C)c1. The third-order valence-electron chi connectivity index (χ3n) is 5.35. The van der Waals surface area contributed by atoms with E-state index in [1.54, 1.807) is 0 Å². The number of hydrogen-bond acceptors (Lipinski definition) is 4. The Bertz CT molecular complexity index is 528. The summed E-state index contributed by atoms with van der Waals surface area (Å²) < 4.78 is 5.97. The highest BCUT2D eigenvalue weighted by atomic mass is 16.5. The van der Waals surface area contributed by atoms with Crippen LogP contribution in [0.5, 0.6) is 0 Å². The van der Waals surface area contributed by atoms with Gasteiger partial charge in [0.25, 0.3) is 0 Å². The van der Waals surface area contributed by atoms with E-state index in [1.807, 2.05) is 0 Å². The molecule has 4 heteroatoms. The second kappa shape index (κ2) is 8.43. The topological polar surface area (TPSA) is 35.9 Å². The van der Waals surface area contributed by atoms with E-state index in [1.165, 1.54) is 43.5 Å². The van der Waals surface area contributed by atoms with Gasteiger partial charge in [0.1, 0.15) is 0 Å². The molecule has 134 valence electrons. The van der Waals surface area contributed by atoms with Crippen molar-refractivity contribution in [3.63, 3.8) is 0 Å². The summed E-state index contributed by atoms with van der Waals surface area (Å²) in [5.41, 5.74) is 3.48.